The van der Waals surface area contributed by atoms with Crippen molar-refractivity contribution in [3.05, 3.63) is 114 Å². The van der Waals surface area contributed by atoms with Crippen LogP contribution in [0.4, 0.5) is 29.1 Å². The molecule has 0 saturated carbocycles. The smallest absolute Gasteiger partial charge is 0.351 e. The lowest BCUT2D eigenvalue weighted by Crippen LogP contribution is -2.41. The van der Waals surface area contributed by atoms with Gasteiger partial charge in [-0.3, -0.25) is 100 Å². The molecule has 55 nitrogen and oxygen atoms in total. The molecule has 0 spiro atoms. The second-order valence-corrected chi connectivity index (χ2v) is 30.5. The van der Waals surface area contributed by atoms with E-state index in [2.05, 4.69) is 24.9 Å². The van der Waals surface area contributed by atoms with Gasteiger partial charge in [-0.25, -0.2) is 24.0 Å². The largest absolute Gasteiger partial charge is 0.462 e. The van der Waals surface area contributed by atoms with E-state index in [1.165, 1.54) is 68.2 Å². The number of ether oxygens (including phenoxy) is 10. The molecule has 0 aliphatic carbocycles. The van der Waals surface area contributed by atoms with Crippen molar-refractivity contribution in [3.63, 3.8) is 0 Å². The standard InChI is InChI=1S/2C15H24N4O7.C14H22N4O7S.C14H22N4O7.C12H18N4O7/c1-7(2)5-8(16)14(22)25-6-9-11(20)12(21)13(26-9)19-4-3-10(18-24)17-15(19)23;1-3-7(2)10(16)14(22)25-6-8-11(20)12(21)13(26-8)19-5-4-9(18-24)17-15(19)23;1-26-5-3-7(15)13(21)24-6-8-10(19)11(20)12(25-8)18-4-2-9(17-23)16-14(18)22;1-6(2)9(15)13(21)24-5-7-10(19)11(20)12(25-7)18-4-3-8(17-23)16-14(18)22;1-5(13)11(19)22-4-6-8(17)9(18)10(23-6)16-3-2-7(15-21)14-12(16)20/h3-4,7-9,11-13,20-21,24H,5-6,16H2,1-2H3,(H,17,18,23);4-5,7-8,10-13,20-21,24H,3,6,16H2,1-2H3,(H,17,18,23);2,4,7-8,10-12,19-20,23H,3,5-6,15H2,1H3,(H,16,17,22);3-4,6-7,9-12,19-20,23H,5,15H2,1-2H3,(H,16,17,22);2-3,5-6,8-10,17-18,21H,4,13H2,1H3,(H,14,15,20)/t8-,9-,11-,12-,13-;7?,8-,10?,11-,12-,13-;7-,8-,10-,11-,12-;7-,9?,10-,11-,12-;5-,6-,8-,9-,10-/m11111/s1. The molecule has 5 aliphatic rings. The minimum atomic E-state index is -1.44. The summed E-state index contributed by atoms with van der Waals surface area (Å²) >= 11 is 1.55. The van der Waals surface area contributed by atoms with Crippen LogP contribution in [0, 0.1) is 17.8 Å². The Bertz CT molecular complexity index is 4640. The van der Waals surface area contributed by atoms with Crippen molar-refractivity contribution in [2.75, 3.05) is 72.4 Å². The lowest BCUT2D eigenvalue weighted by Gasteiger charge is -2.19. The molecular weight excluding hydrogens is 1710 g/mol. The van der Waals surface area contributed by atoms with Gasteiger partial charge in [-0.1, -0.05) is 48.0 Å². The van der Waals surface area contributed by atoms with E-state index in [4.69, 9.17) is 102 Å². The molecule has 5 fully saturated rings. The normalized spacial score (nSPS) is 27.3. The summed E-state index contributed by atoms with van der Waals surface area (Å²) in [5.41, 5.74) is 32.8. The Balaban J connectivity index is 0.000000243. The monoisotopic (exact) mass is 1820 g/mol. The van der Waals surface area contributed by atoms with Crippen LogP contribution in [0.5, 0.6) is 0 Å². The number of esters is 5. The minimum Gasteiger partial charge on any atom is -0.462 e. The van der Waals surface area contributed by atoms with E-state index in [9.17, 15) is 99.0 Å². The average Bonchev–Trinajstić information content (AvgIpc) is 1.67. The van der Waals surface area contributed by atoms with Gasteiger partial charge in [0.15, 0.2) is 60.2 Å². The maximum absolute atomic E-state index is 11.9. The summed E-state index contributed by atoms with van der Waals surface area (Å²) in [7, 11) is 0. The summed E-state index contributed by atoms with van der Waals surface area (Å²) in [6, 6.07) is 2.36. The number of aliphatic hydroxyl groups excluding tert-OH is 10. The number of hydrogen-bond donors (Lipinski definition) is 25. The quantitative estimate of drug-likeness (QED) is 0.0105. The van der Waals surface area contributed by atoms with Gasteiger partial charge < -0.3 is 127 Å². The van der Waals surface area contributed by atoms with E-state index in [0.29, 0.717) is 25.0 Å². The summed E-state index contributed by atoms with van der Waals surface area (Å²) < 4.78 is 57.0. The molecule has 5 saturated heterocycles. The van der Waals surface area contributed by atoms with Gasteiger partial charge in [-0.15, -0.1) is 0 Å². The van der Waals surface area contributed by atoms with Crippen molar-refractivity contribution >= 4 is 70.7 Å². The Morgan fingerprint density at radius 1 is 0.389 bits per heavy atom. The van der Waals surface area contributed by atoms with E-state index in [1.807, 2.05) is 34.0 Å². The SMILES string of the molecule is CC(C)C(N)C(=O)OC[C@H]1O[C@@H](n2ccc(NO)nc2=O)[C@H](O)[C@@H]1O.CC(C)C[C@@H](N)C(=O)OC[C@H]1O[C@@H](n2ccc(NO)nc2=O)[C@H](O)[C@@H]1O.CCC(C)C(N)C(=O)OC[C@H]1O[C@@H](n2ccc(NO)nc2=O)[C@H](O)[C@@H]1O.CSCC[C@@H](N)C(=O)OC[C@H]1O[C@@H](n2ccc(NO)nc2=O)[C@H](O)[C@@H]1O.C[C@@H](N)C(=O)OC[C@H]1O[C@@H](n2ccc(NO)nc2=O)[C@H](O)[C@@H]1O. The highest BCUT2D eigenvalue weighted by molar-refractivity contribution is 7.98. The van der Waals surface area contributed by atoms with Crippen LogP contribution in [0.1, 0.15) is 98.9 Å². The Kier molecular flexibility index (Phi) is 41.2. The van der Waals surface area contributed by atoms with Crippen LogP contribution < -0.4 is 84.5 Å². The summed E-state index contributed by atoms with van der Waals surface area (Å²) in [5, 5.41) is 144. The molecule has 0 radical (unpaired) electrons. The number of aliphatic hydroxyl groups is 10. The van der Waals surface area contributed by atoms with E-state index < -0.39 is 211 Å². The lowest BCUT2D eigenvalue weighted by atomic mass is 10.0. The topological polar surface area (TPSA) is 846 Å². The van der Waals surface area contributed by atoms with Gasteiger partial charge >= 0.3 is 58.3 Å². The third-order valence-corrected chi connectivity index (χ3v) is 20.2. The summed E-state index contributed by atoms with van der Waals surface area (Å²) in [6.45, 7) is 10.9. The fraction of sp³-hybridized carbons (Fsp3) is 0.643. The Morgan fingerprint density at radius 3 is 0.841 bits per heavy atom. The number of aromatic nitrogens is 10. The van der Waals surface area contributed by atoms with Crippen molar-refractivity contribution in [1.82, 2.24) is 47.8 Å². The van der Waals surface area contributed by atoms with Crippen LogP contribution in [0.2, 0.25) is 0 Å². The van der Waals surface area contributed by atoms with Crippen LogP contribution in [0.25, 0.3) is 0 Å². The molecule has 5 aromatic rings. The first-order chi connectivity index (χ1) is 59.5. The molecule has 26 atom stereocenters. The number of rotatable bonds is 33. The van der Waals surface area contributed by atoms with Gasteiger partial charge in [0.1, 0.15) is 155 Å². The summed E-state index contributed by atoms with van der Waals surface area (Å²) in [5.74, 6) is -2.92. The number of carbonyl (C=O) groups is 5. The maximum Gasteiger partial charge on any atom is 0.351 e. The van der Waals surface area contributed by atoms with Crippen molar-refractivity contribution in [1.29, 1.82) is 0 Å². The molecule has 5 aliphatic heterocycles. The van der Waals surface area contributed by atoms with E-state index in [1.54, 1.807) is 53.0 Å². The molecule has 126 heavy (non-hydrogen) atoms. The zero-order chi connectivity index (χ0) is 94.0. The van der Waals surface area contributed by atoms with E-state index in [0.717, 1.165) is 22.8 Å². The molecule has 5 aromatic heterocycles. The van der Waals surface area contributed by atoms with Gasteiger partial charge in [0, 0.05) is 31.0 Å². The third kappa shape index (κ3) is 28.1. The first kappa shape index (κ1) is 105. The molecule has 706 valence electrons. The molecular formula is C70H110N20O35S. The zero-order valence-corrected chi connectivity index (χ0v) is 69.8. The van der Waals surface area contributed by atoms with Crippen LogP contribution >= 0.6 is 11.8 Å². The first-order valence-corrected chi connectivity index (χ1v) is 40.1. The van der Waals surface area contributed by atoms with Crippen LogP contribution in [-0.4, -0.2) is 322 Å². The number of nitrogens with zero attached hydrogens (tertiary/aromatic N) is 10. The number of thioether (sulfide) groups is 1. The molecule has 0 bridgehead atoms. The number of nitrogens with one attached hydrogen (secondary N) is 5. The Morgan fingerprint density at radius 2 is 0.627 bits per heavy atom. The van der Waals surface area contributed by atoms with Crippen molar-refractivity contribution in [2.24, 2.45) is 46.4 Å². The first-order valence-electron chi connectivity index (χ1n) is 38.7. The lowest BCUT2D eigenvalue weighted by molar-refractivity contribution is -0.153. The Hall–Kier alpha value is -9.90. The second-order valence-electron chi connectivity index (χ2n) is 29.5. The molecule has 30 N–H and O–H groups in total. The number of hydrogen-bond acceptors (Lipinski definition) is 51. The number of nitrogens with two attached hydrogens (primary N) is 5. The molecule has 56 heteroatoms. The average molecular weight is 1820 g/mol. The second kappa shape index (κ2) is 49.4. The molecule has 10 heterocycles. The number of carbonyl (C=O) groups excluding carboxylic acids is 5. The van der Waals surface area contributed by atoms with Crippen LogP contribution in [0.3, 0.4) is 0 Å². The fourth-order valence-electron chi connectivity index (χ4n) is 11.9. The Labute approximate surface area is 717 Å². The third-order valence-electron chi connectivity index (χ3n) is 19.6. The predicted octanol–water partition coefficient (Wildman–Crippen LogP) is -8.81. The van der Waals surface area contributed by atoms with Gasteiger partial charge in [-0.05, 0) is 79.9 Å². The highest BCUT2D eigenvalue weighted by atomic mass is 32.2. The van der Waals surface area contributed by atoms with E-state index in [-0.39, 0.29) is 79.9 Å². The van der Waals surface area contributed by atoms with Gasteiger partial charge in [0.05, 0.1) is 0 Å². The highest BCUT2D eigenvalue weighted by Crippen LogP contribution is 2.34. The summed E-state index contributed by atoms with van der Waals surface area (Å²) in [4.78, 5) is 136. The van der Waals surface area contributed by atoms with Crippen molar-refractivity contribution in [3.8, 4) is 0 Å². The van der Waals surface area contributed by atoms with Crippen LogP contribution in [0.15, 0.2) is 85.3 Å². The highest BCUT2D eigenvalue weighted by Gasteiger charge is 2.50. The summed E-state index contributed by atoms with van der Waals surface area (Å²) in [6.07, 6.45) is -15.6. The van der Waals surface area contributed by atoms with E-state index >= 15 is 0 Å². The van der Waals surface area contributed by atoms with Crippen molar-refractivity contribution in [2.45, 2.75) is 221 Å². The number of anilines is 5. The fourth-order valence-corrected chi connectivity index (χ4v) is 12.4. The van der Waals surface area contributed by atoms with Crippen molar-refractivity contribution < 1.29 is 148 Å². The molecule has 0 amide bonds. The van der Waals surface area contributed by atoms with Crippen LogP contribution in [-0.2, 0) is 71.3 Å². The maximum atomic E-state index is 11.9. The van der Waals surface area contributed by atoms with Gasteiger partial charge in [-0.2, -0.15) is 36.7 Å². The van der Waals surface area contributed by atoms with Gasteiger partial charge in [0.2, 0.25) is 0 Å². The molecule has 0 aromatic carbocycles. The minimum absolute atomic E-state index is 0.0708. The zero-order valence-electron chi connectivity index (χ0n) is 68.9. The molecule has 3 unspecified atom stereocenters. The predicted molar refractivity (Wildman–Crippen MR) is 426 cm³/mol. The van der Waals surface area contributed by atoms with Gasteiger partial charge in [0.25, 0.3) is 0 Å². The molecule has 10 rings (SSSR count).